The smallest absolute Gasteiger partial charge is 0.276 e. The summed E-state index contributed by atoms with van der Waals surface area (Å²) in [5.74, 6) is 1.04. The van der Waals surface area contributed by atoms with Crippen molar-refractivity contribution < 1.29 is 14.4 Å². The van der Waals surface area contributed by atoms with E-state index in [0.717, 1.165) is 0 Å². The van der Waals surface area contributed by atoms with Gasteiger partial charge in [0.2, 0.25) is 0 Å². The summed E-state index contributed by atoms with van der Waals surface area (Å²) in [5, 5.41) is 14.6. The van der Waals surface area contributed by atoms with Gasteiger partial charge in [0.05, 0.1) is 11.0 Å². The van der Waals surface area contributed by atoms with Gasteiger partial charge in [0.15, 0.2) is 11.5 Å². The molecule has 0 fully saturated rings. The van der Waals surface area contributed by atoms with Gasteiger partial charge in [-0.3, -0.25) is 10.1 Å². The number of rotatable bonds is 4. The average molecular weight is 294 g/mol. The van der Waals surface area contributed by atoms with Gasteiger partial charge in [-0.25, -0.2) is 0 Å². The van der Waals surface area contributed by atoms with Crippen LogP contribution in [0.25, 0.3) is 0 Å². The Morgan fingerprint density at radius 3 is 2.33 bits per heavy atom. The van der Waals surface area contributed by atoms with E-state index >= 15 is 0 Å². The zero-order chi connectivity index (χ0) is 15.6. The molecule has 0 radical (unpaired) electrons. The molecule has 6 nitrogen and oxygen atoms in total. The Labute approximate surface area is 124 Å². The number of nitrogens with zero attached hydrogens (tertiary/aromatic N) is 1. The number of nitro benzene ring substituents is 1. The fourth-order valence-electron chi connectivity index (χ4n) is 2.51. The number of hydrogen-bond acceptors (Lipinski definition) is 5. The number of hydrogen-bond donors (Lipinski definition) is 1. The van der Waals surface area contributed by atoms with Crippen LogP contribution in [0.1, 0.15) is 26.3 Å². The maximum atomic E-state index is 11.3. The second kappa shape index (κ2) is 5.89. The molecule has 1 aliphatic heterocycles. The Kier molecular flexibility index (Phi) is 4.37. The van der Waals surface area contributed by atoms with Crippen LogP contribution in [0.15, 0.2) is 12.1 Å². The van der Waals surface area contributed by atoms with Crippen molar-refractivity contribution in [1.29, 1.82) is 0 Å². The minimum Gasteiger partial charge on any atom is -0.486 e. The predicted molar refractivity (Wildman–Crippen MR) is 80.1 cm³/mol. The Bertz CT molecular complexity index is 537. The fraction of sp³-hybridized carbons (Fsp3) is 0.600. The number of nitrogens with one attached hydrogen (secondary N) is 1. The van der Waals surface area contributed by atoms with Crippen molar-refractivity contribution in [3.05, 3.63) is 27.8 Å². The summed E-state index contributed by atoms with van der Waals surface area (Å²) in [5.41, 5.74) is 0.748. The molecular weight excluding hydrogens is 272 g/mol. The van der Waals surface area contributed by atoms with Crippen LogP contribution < -0.4 is 14.8 Å². The first kappa shape index (κ1) is 15.6. The molecule has 116 valence electrons. The Morgan fingerprint density at radius 2 is 1.86 bits per heavy atom. The molecule has 6 heteroatoms. The highest BCUT2D eigenvalue weighted by Crippen LogP contribution is 2.38. The third-order valence-corrected chi connectivity index (χ3v) is 3.76. The lowest BCUT2D eigenvalue weighted by Crippen LogP contribution is -2.39. The molecule has 1 atom stereocenters. The lowest BCUT2D eigenvalue weighted by molar-refractivity contribution is -0.385. The topological polar surface area (TPSA) is 73.6 Å². The van der Waals surface area contributed by atoms with Crippen LogP contribution in [0.4, 0.5) is 5.69 Å². The van der Waals surface area contributed by atoms with Gasteiger partial charge < -0.3 is 14.8 Å². The van der Waals surface area contributed by atoms with Gasteiger partial charge in [-0.1, -0.05) is 20.8 Å². The lowest BCUT2D eigenvalue weighted by atomic mass is 9.83. The van der Waals surface area contributed by atoms with Crippen molar-refractivity contribution in [3.63, 3.8) is 0 Å². The molecule has 0 aromatic heterocycles. The summed E-state index contributed by atoms with van der Waals surface area (Å²) in [6.45, 7) is 7.22. The van der Waals surface area contributed by atoms with Gasteiger partial charge in [-0.2, -0.15) is 0 Å². The number of fused-ring (bicyclic) bond motifs is 1. The van der Waals surface area contributed by atoms with Gasteiger partial charge in [-0.05, 0) is 24.9 Å². The third-order valence-electron chi connectivity index (χ3n) is 3.76. The normalized spacial score (nSPS) is 15.6. The summed E-state index contributed by atoms with van der Waals surface area (Å²) in [7, 11) is 1.87. The molecular formula is C15H22N2O4. The van der Waals surface area contributed by atoms with Crippen molar-refractivity contribution in [2.75, 3.05) is 20.3 Å². The minimum absolute atomic E-state index is 0.00409. The van der Waals surface area contributed by atoms with Crippen molar-refractivity contribution >= 4 is 5.69 Å². The molecule has 21 heavy (non-hydrogen) atoms. The molecule has 2 rings (SSSR count). The largest absolute Gasteiger partial charge is 0.486 e. The molecule has 0 spiro atoms. The maximum Gasteiger partial charge on any atom is 0.276 e. The first-order valence-electron chi connectivity index (χ1n) is 7.07. The SMILES string of the molecule is CNC(Cc1cc2c(cc1[N+](=O)[O-])OCCO2)C(C)(C)C. The Morgan fingerprint density at radius 1 is 1.29 bits per heavy atom. The highest BCUT2D eigenvalue weighted by Gasteiger charge is 2.28. The van der Waals surface area contributed by atoms with E-state index < -0.39 is 0 Å². The number of likely N-dealkylation sites (N-methyl/N-ethyl adjacent to an activating group) is 1. The summed E-state index contributed by atoms with van der Waals surface area (Å²) in [6.07, 6.45) is 0.562. The molecule has 1 aromatic carbocycles. The third kappa shape index (κ3) is 3.44. The zero-order valence-corrected chi connectivity index (χ0v) is 12.9. The second-order valence-corrected chi connectivity index (χ2v) is 6.29. The van der Waals surface area contributed by atoms with Crippen LogP contribution in [0.2, 0.25) is 0 Å². The summed E-state index contributed by atoms with van der Waals surface area (Å²) in [6, 6.07) is 3.33. The van der Waals surface area contributed by atoms with Crippen molar-refractivity contribution in [1.82, 2.24) is 5.32 Å². The Balaban J connectivity index is 2.39. The summed E-state index contributed by atoms with van der Waals surface area (Å²) in [4.78, 5) is 11.0. The van der Waals surface area contributed by atoms with Crippen LogP contribution in [0, 0.1) is 15.5 Å². The van der Waals surface area contributed by atoms with Crippen LogP contribution in [-0.4, -0.2) is 31.2 Å². The van der Waals surface area contributed by atoms with E-state index in [9.17, 15) is 10.1 Å². The number of benzene rings is 1. The van der Waals surface area contributed by atoms with Crippen molar-refractivity contribution in [2.24, 2.45) is 5.41 Å². The molecule has 0 aliphatic carbocycles. The van der Waals surface area contributed by atoms with E-state index in [1.165, 1.54) is 6.07 Å². The van der Waals surface area contributed by atoms with Gasteiger partial charge in [0.25, 0.3) is 5.69 Å². The van der Waals surface area contributed by atoms with E-state index in [2.05, 4.69) is 26.1 Å². The van der Waals surface area contributed by atoms with E-state index in [-0.39, 0.29) is 22.1 Å². The monoisotopic (exact) mass is 294 g/mol. The molecule has 1 aliphatic rings. The molecule has 1 heterocycles. The quantitative estimate of drug-likeness (QED) is 0.682. The molecule has 1 unspecified atom stereocenters. The van der Waals surface area contributed by atoms with Gasteiger partial charge in [-0.15, -0.1) is 0 Å². The van der Waals surface area contributed by atoms with Crippen LogP contribution in [-0.2, 0) is 6.42 Å². The predicted octanol–water partition coefficient (Wildman–Crippen LogP) is 2.54. The zero-order valence-electron chi connectivity index (χ0n) is 12.9. The molecule has 0 bridgehead atoms. The highest BCUT2D eigenvalue weighted by molar-refractivity contribution is 5.55. The first-order valence-corrected chi connectivity index (χ1v) is 7.07. The van der Waals surface area contributed by atoms with Crippen LogP contribution >= 0.6 is 0 Å². The minimum atomic E-state index is -0.358. The van der Waals surface area contributed by atoms with Crippen molar-refractivity contribution in [3.8, 4) is 11.5 Å². The molecule has 1 aromatic rings. The summed E-state index contributed by atoms with van der Waals surface area (Å²) >= 11 is 0. The molecule has 0 amide bonds. The van der Waals surface area contributed by atoms with Crippen LogP contribution in [0.3, 0.4) is 0 Å². The molecule has 1 N–H and O–H groups in total. The fourth-order valence-corrected chi connectivity index (χ4v) is 2.51. The van der Waals surface area contributed by atoms with E-state index in [1.54, 1.807) is 6.07 Å². The highest BCUT2D eigenvalue weighted by atomic mass is 16.6. The van der Waals surface area contributed by atoms with E-state index in [0.29, 0.717) is 36.7 Å². The molecule has 0 saturated carbocycles. The van der Waals surface area contributed by atoms with E-state index in [4.69, 9.17) is 9.47 Å². The number of ether oxygens (including phenoxy) is 2. The number of nitro groups is 1. The van der Waals surface area contributed by atoms with Gasteiger partial charge in [0.1, 0.15) is 13.2 Å². The van der Waals surface area contributed by atoms with Gasteiger partial charge in [0, 0.05) is 11.6 Å². The second-order valence-electron chi connectivity index (χ2n) is 6.29. The van der Waals surface area contributed by atoms with E-state index in [1.807, 2.05) is 7.05 Å². The lowest BCUT2D eigenvalue weighted by Gasteiger charge is -2.30. The average Bonchev–Trinajstić information content (AvgIpc) is 2.42. The van der Waals surface area contributed by atoms with Crippen LogP contribution in [0.5, 0.6) is 11.5 Å². The Hall–Kier alpha value is -1.82. The van der Waals surface area contributed by atoms with Crippen molar-refractivity contribution in [2.45, 2.75) is 33.2 Å². The summed E-state index contributed by atoms with van der Waals surface area (Å²) < 4.78 is 11.0. The maximum absolute atomic E-state index is 11.3. The first-order chi connectivity index (χ1) is 9.82. The standard InChI is InChI=1S/C15H22N2O4/c1-15(2,3)14(16-4)8-10-7-12-13(21-6-5-20-12)9-11(10)17(18)19/h7,9,14,16H,5-6,8H2,1-4H3. The molecule has 0 saturated heterocycles. The van der Waals surface area contributed by atoms with Gasteiger partial charge >= 0.3 is 0 Å².